The van der Waals surface area contributed by atoms with Gasteiger partial charge in [-0.25, -0.2) is 9.37 Å². The molecule has 1 N–H and O–H groups in total. The highest BCUT2D eigenvalue weighted by molar-refractivity contribution is 5.75. The highest BCUT2D eigenvalue weighted by atomic mass is 19.1. The largest absolute Gasteiger partial charge is 0.439 e. The van der Waals surface area contributed by atoms with Crippen LogP contribution in [0.25, 0.3) is 0 Å². The van der Waals surface area contributed by atoms with Gasteiger partial charge in [0.05, 0.1) is 6.10 Å². The Morgan fingerprint density at radius 2 is 2.16 bits per heavy atom. The number of carbonyl (C=O) groups excluding carboxylic acids is 1. The van der Waals surface area contributed by atoms with Crippen molar-refractivity contribution in [2.24, 2.45) is 0 Å². The van der Waals surface area contributed by atoms with Crippen LogP contribution in [0.3, 0.4) is 0 Å². The lowest BCUT2D eigenvalue weighted by molar-refractivity contribution is -0.121. The molecule has 1 aromatic heterocycles. The van der Waals surface area contributed by atoms with E-state index in [0.29, 0.717) is 24.6 Å². The lowest BCUT2D eigenvalue weighted by atomic mass is 10.1. The third kappa shape index (κ3) is 5.53. The standard InChI is InChI=1S/C19H21FN2O3/c20-15-3-5-17(6-4-15)25-19-12-14(9-10-21-19)13-22-18(23)8-7-16-2-1-11-24-16/h3-6,9-10,12,16H,1-2,7-8,11,13H2,(H,22,23)/t16-/m1/s1. The second kappa shape index (κ2) is 8.58. The van der Waals surface area contributed by atoms with Crippen LogP contribution in [0.15, 0.2) is 42.6 Å². The molecule has 1 aliphatic rings. The van der Waals surface area contributed by atoms with E-state index >= 15 is 0 Å². The number of amides is 1. The Morgan fingerprint density at radius 1 is 1.32 bits per heavy atom. The molecule has 0 saturated carbocycles. The zero-order valence-corrected chi connectivity index (χ0v) is 13.9. The van der Waals surface area contributed by atoms with Crippen molar-refractivity contribution in [1.82, 2.24) is 10.3 Å². The molecule has 0 aliphatic carbocycles. The van der Waals surface area contributed by atoms with Gasteiger partial charge in [-0.3, -0.25) is 4.79 Å². The van der Waals surface area contributed by atoms with Crippen LogP contribution in [0.2, 0.25) is 0 Å². The fourth-order valence-corrected chi connectivity index (χ4v) is 2.69. The number of aromatic nitrogens is 1. The molecule has 0 bridgehead atoms. The van der Waals surface area contributed by atoms with Gasteiger partial charge in [0.15, 0.2) is 0 Å². The van der Waals surface area contributed by atoms with Gasteiger partial charge in [-0.2, -0.15) is 0 Å². The van der Waals surface area contributed by atoms with Gasteiger partial charge >= 0.3 is 0 Å². The maximum atomic E-state index is 12.9. The second-order valence-electron chi connectivity index (χ2n) is 6.01. The van der Waals surface area contributed by atoms with Gasteiger partial charge < -0.3 is 14.8 Å². The normalized spacial score (nSPS) is 16.6. The maximum absolute atomic E-state index is 12.9. The first-order chi connectivity index (χ1) is 12.2. The molecule has 1 aliphatic heterocycles. The number of pyridine rings is 1. The zero-order valence-electron chi connectivity index (χ0n) is 13.9. The predicted molar refractivity (Wildman–Crippen MR) is 90.8 cm³/mol. The zero-order chi connectivity index (χ0) is 17.5. The Balaban J connectivity index is 1.47. The molecule has 2 heterocycles. The average Bonchev–Trinajstić information content (AvgIpc) is 3.14. The van der Waals surface area contributed by atoms with Gasteiger partial charge in [-0.1, -0.05) is 0 Å². The molecule has 1 aromatic carbocycles. The van der Waals surface area contributed by atoms with E-state index in [0.717, 1.165) is 31.4 Å². The number of ether oxygens (including phenoxy) is 2. The number of hydrogen-bond donors (Lipinski definition) is 1. The Bertz CT molecular complexity index is 700. The predicted octanol–water partition coefficient (Wildman–Crippen LogP) is 3.59. The van der Waals surface area contributed by atoms with Gasteiger partial charge in [0, 0.05) is 31.8 Å². The van der Waals surface area contributed by atoms with E-state index in [2.05, 4.69) is 10.3 Å². The molecule has 3 rings (SSSR count). The molecule has 1 atom stereocenters. The first-order valence-electron chi connectivity index (χ1n) is 8.46. The second-order valence-corrected chi connectivity index (χ2v) is 6.01. The van der Waals surface area contributed by atoms with Crippen molar-refractivity contribution < 1.29 is 18.7 Å². The maximum Gasteiger partial charge on any atom is 0.220 e. The number of carbonyl (C=O) groups is 1. The number of benzene rings is 1. The molecule has 0 spiro atoms. The lowest BCUT2D eigenvalue weighted by Gasteiger charge is -2.10. The summed E-state index contributed by atoms with van der Waals surface area (Å²) in [6.45, 7) is 1.22. The van der Waals surface area contributed by atoms with Gasteiger partial charge in [0.1, 0.15) is 11.6 Å². The van der Waals surface area contributed by atoms with Crippen molar-refractivity contribution in [3.63, 3.8) is 0 Å². The van der Waals surface area contributed by atoms with E-state index in [1.165, 1.54) is 24.3 Å². The van der Waals surface area contributed by atoms with E-state index in [9.17, 15) is 9.18 Å². The SMILES string of the molecule is O=C(CC[C@H]1CCCO1)NCc1ccnc(Oc2ccc(F)cc2)c1. The average molecular weight is 344 g/mol. The highest BCUT2D eigenvalue weighted by Crippen LogP contribution is 2.20. The Hall–Kier alpha value is -2.47. The summed E-state index contributed by atoms with van der Waals surface area (Å²) in [4.78, 5) is 16.1. The first kappa shape index (κ1) is 17.4. The summed E-state index contributed by atoms with van der Waals surface area (Å²) in [5.74, 6) is 0.595. The number of rotatable bonds is 7. The molecule has 6 heteroatoms. The van der Waals surface area contributed by atoms with Crippen molar-refractivity contribution in [3.8, 4) is 11.6 Å². The smallest absolute Gasteiger partial charge is 0.220 e. The summed E-state index contributed by atoms with van der Waals surface area (Å²) < 4.78 is 24.0. The van der Waals surface area contributed by atoms with Crippen LogP contribution in [-0.2, 0) is 16.1 Å². The molecule has 0 radical (unpaired) electrons. The fourth-order valence-electron chi connectivity index (χ4n) is 2.69. The summed E-state index contributed by atoms with van der Waals surface area (Å²) in [6.07, 6.45) is 5.20. The molecule has 132 valence electrons. The van der Waals surface area contributed by atoms with Crippen molar-refractivity contribution in [2.45, 2.75) is 38.3 Å². The molecule has 25 heavy (non-hydrogen) atoms. The molecular formula is C19H21FN2O3. The molecule has 5 nitrogen and oxygen atoms in total. The van der Waals surface area contributed by atoms with Crippen LogP contribution in [-0.4, -0.2) is 23.6 Å². The van der Waals surface area contributed by atoms with Crippen LogP contribution < -0.4 is 10.1 Å². The van der Waals surface area contributed by atoms with Crippen LogP contribution >= 0.6 is 0 Å². The van der Waals surface area contributed by atoms with Gasteiger partial charge in [-0.05, 0) is 55.2 Å². The summed E-state index contributed by atoms with van der Waals surface area (Å²) >= 11 is 0. The van der Waals surface area contributed by atoms with E-state index in [1.807, 2.05) is 6.07 Å². The topological polar surface area (TPSA) is 60.5 Å². The number of halogens is 1. The van der Waals surface area contributed by atoms with Gasteiger partial charge in [-0.15, -0.1) is 0 Å². The van der Waals surface area contributed by atoms with Crippen LogP contribution in [0, 0.1) is 5.82 Å². The van der Waals surface area contributed by atoms with E-state index in [1.54, 1.807) is 12.3 Å². The van der Waals surface area contributed by atoms with Crippen LogP contribution in [0.4, 0.5) is 4.39 Å². The van der Waals surface area contributed by atoms with Crippen molar-refractivity contribution in [3.05, 3.63) is 54.0 Å². The monoisotopic (exact) mass is 344 g/mol. The molecular weight excluding hydrogens is 323 g/mol. The third-order valence-electron chi connectivity index (χ3n) is 4.04. The van der Waals surface area contributed by atoms with Crippen molar-refractivity contribution in [2.75, 3.05) is 6.61 Å². The van der Waals surface area contributed by atoms with Crippen molar-refractivity contribution >= 4 is 5.91 Å². The Labute approximate surface area is 146 Å². The molecule has 1 fully saturated rings. The summed E-state index contributed by atoms with van der Waals surface area (Å²) in [6, 6.07) is 9.30. The van der Waals surface area contributed by atoms with Crippen molar-refractivity contribution in [1.29, 1.82) is 0 Å². The molecule has 1 amide bonds. The highest BCUT2D eigenvalue weighted by Gasteiger charge is 2.16. The summed E-state index contributed by atoms with van der Waals surface area (Å²) in [5.41, 5.74) is 0.887. The molecule has 0 unspecified atom stereocenters. The van der Waals surface area contributed by atoms with Gasteiger partial charge in [0.2, 0.25) is 11.8 Å². The fraction of sp³-hybridized carbons (Fsp3) is 0.368. The van der Waals surface area contributed by atoms with E-state index < -0.39 is 0 Å². The van der Waals surface area contributed by atoms with Crippen LogP contribution in [0.1, 0.15) is 31.2 Å². The van der Waals surface area contributed by atoms with Gasteiger partial charge in [0.25, 0.3) is 0 Å². The van der Waals surface area contributed by atoms with E-state index in [4.69, 9.17) is 9.47 Å². The van der Waals surface area contributed by atoms with Crippen LogP contribution in [0.5, 0.6) is 11.6 Å². The minimum Gasteiger partial charge on any atom is -0.439 e. The summed E-state index contributed by atoms with van der Waals surface area (Å²) in [5, 5.41) is 2.89. The third-order valence-corrected chi connectivity index (χ3v) is 4.04. The minimum absolute atomic E-state index is 0.00770. The molecule has 1 saturated heterocycles. The Morgan fingerprint density at radius 3 is 2.92 bits per heavy atom. The number of hydrogen-bond acceptors (Lipinski definition) is 4. The first-order valence-corrected chi connectivity index (χ1v) is 8.46. The number of nitrogens with zero attached hydrogens (tertiary/aromatic N) is 1. The van der Waals surface area contributed by atoms with E-state index in [-0.39, 0.29) is 17.8 Å². The minimum atomic E-state index is -0.320. The molecule has 2 aromatic rings. The lowest BCUT2D eigenvalue weighted by Crippen LogP contribution is -2.23. The number of nitrogens with one attached hydrogen (secondary N) is 1. The summed E-state index contributed by atoms with van der Waals surface area (Å²) in [7, 11) is 0. The Kier molecular flexibility index (Phi) is 5.95. The quantitative estimate of drug-likeness (QED) is 0.834.